The summed E-state index contributed by atoms with van der Waals surface area (Å²) in [5, 5.41) is 4.03. The molecule has 0 bridgehead atoms. The smallest absolute Gasteiger partial charge is 0.293 e. The maximum atomic E-state index is 12.6. The van der Waals surface area contributed by atoms with Crippen LogP contribution in [0.3, 0.4) is 0 Å². The number of ketones is 1. The molecule has 1 atom stereocenters. The summed E-state index contributed by atoms with van der Waals surface area (Å²) in [5.74, 6) is 1.95. The van der Waals surface area contributed by atoms with Gasteiger partial charge in [-0.1, -0.05) is 35.5 Å². The summed E-state index contributed by atoms with van der Waals surface area (Å²) in [5.41, 5.74) is 1.08. The number of nitrogens with zero attached hydrogens (tertiary/aromatic N) is 3. The first-order valence-corrected chi connectivity index (χ1v) is 8.93. The Hall–Kier alpha value is -2.73. The van der Waals surface area contributed by atoms with Gasteiger partial charge in [0.15, 0.2) is 11.6 Å². The molecule has 0 spiro atoms. The summed E-state index contributed by atoms with van der Waals surface area (Å²) in [6, 6.07) is 13.5. The summed E-state index contributed by atoms with van der Waals surface area (Å²) in [6.07, 6.45) is 4.04. The molecular formula is C20H21N3O3. The Labute approximate surface area is 151 Å². The normalized spacial score (nSPS) is 18.1. The largest absolute Gasteiger partial charge is 0.459 e. The maximum absolute atomic E-state index is 12.6. The van der Waals surface area contributed by atoms with Crippen molar-refractivity contribution in [3.05, 3.63) is 60.1 Å². The fourth-order valence-electron chi connectivity index (χ4n) is 3.42. The second-order valence-electron chi connectivity index (χ2n) is 6.70. The zero-order valence-electron chi connectivity index (χ0n) is 14.5. The summed E-state index contributed by atoms with van der Waals surface area (Å²) < 4.78 is 10.5. The van der Waals surface area contributed by atoms with Crippen LogP contribution in [0.5, 0.6) is 0 Å². The zero-order chi connectivity index (χ0) is 17.8. The van der Waals surface area contributed by atoms with Gasteiger partial charge in [0.05, 0.1) is 12.8 Å². The molecule has 1 unspecified atom stereocenters. The lowest BCUT2D eigenvalue weighted by Gasteiger charge is -2.31. The molecule has 1 saturated heterocycles. The molecule has 0 aliphatic carbocycles. The number of piperidine rings is 1. The Bertz CT molecular complexity index is 842. The van der Waals surface area contributed by atoms with E-state index >= 15 is 0 Å². The molecule has 1 aliphatic heterocycles. The van der Waals surface area contributed by atoms with E-state index in [9.17, 15) is 4.79 Å². The van der Waals surface area contributed by atoms with E-state index in [0.29, 0.717) is 36.2 Å². The number of hydrogen-bond acceptors (Lipinski definition) is 6. The molecule has 1 fully saturated rings. The monoisotopic (exact) mass is 351 g/mol. The van der Waals surface area contributed by atoms with E-state index in [1.807, 2.05) is 30.3 Å². The van der Waals surface area contributed by atoms with E-state index in [1.165, 1.54) is 0 Å². The molecule has 3 heterocycles. The Balaban J connectivity index is 1.35. The van der Waals surface area contributed by atoms with Gasteiger partial charge in [-0.2, -0.15) is 4.98 Å². The molecule has 2 aromatic heterocycles. The molecule has 1 aliphatic rings. The summed E-state index contributed by atoms with van der Waals surface area (Å²) >= 11 is 0. The molecule has 3 aromatic rings. The van der Waals surface area contributed by atoms with Crippen LogP contribution in [-0.2, 0) is 17.8 Å². The minimum absolute atomic E-state index is 0.0698. The molecule has 6 heteroatoms. The van der Waals surface area contributed by atoms with Crippen LogP contribution >= 0.6 is 0 Å². The molecule has 0 saturated carbocycles. The quantitative estimate of drug-likeness (QED) is 0.678. The topological polar surface area (TPSA) is 72.4 Å². The van der Waals surface area contributed by atoms with Gasteiger partial charge < -0.3 is 8.94 Å². The van der Waals surface area contributed by atoms with E-state index in [4.69, 9.17) is 8.94 Å². The first kappa shape index (κ1) is 16.7. The van der Waals surface area contributed by atoms with Gasteiger partial charge in [-0.3, -0.25) is 9.69 Å². The SMILES string of the molecule is O=C(Cc1ccccc1)C1CCCN(Cc2noc(-c3ccco3)n2)C1. The lowest BCUT2D eigenvalue weighted by molar-refractivity contribution is -0.124. The number of Topliss-reactive ketones (excluding diaryl/α,β-unsaturated/α-hetero) is 1. The van der Waals surface area contributed by atoms with Crippen LogP contribution in [0, 0.1) is 5.92 Å². The van der Waals surface area contributed by atoms with Crippen LogP contribution < -0.4 is 0 Å². The molecule has 4 rings (SSSR count). The molecule has 26 heavy (non-hydrogen) atoms. The first-order chi connectivity index (χ1) is 12.8. The highest BCUT2D eigenvalue weighted by atomic mass is 16.5. The standard InChI is InChI=1S/C20H21N3O3/c24-17(12-15-6-2-1-3-7-15)16-8-4-10-23(13-16)14-19-21-20(26-22-19)18-9-5-11-25-18/h1-3,5-7,9,11,16H,4,8,10,12-14H2. The van der Waals surface area contributed by atoms with Crippen molar-refractivity contribution in [3.8, 4) is 11.7 Å². The lowest BCUT2D eigenvalue weighted by Crippen LogP contribution is -2.39. The van der Waals surface area contributed by atoms with Crippen molar-refractivity contribution in [1.82, 2.24) is 15.0 Å². The lowest BCUT2D eigenvalue weighted by atomic mass is 9.90. The second-order valence-corrected chi connectivity index (χ2v) is 6.70. The highest BCUT2D eigenvalue weighted by Gasteiger charge is 2.26. The van der Waals surface area contributed by atoms with Crippen LogP contribution in [0.15, 0.2) is 57.7 Å². The highest BCUT2D eigenvalue weighted by molar-refractivity contribution is 5.83. The second kappa shape index (κ2) is 7.66. The third-order valence-electron chi connectivity index (χ3n) is 4.75. The van der Waals surface area contributed by atoms with Gasteiger partial charge >= 0.3 is 0 Å². The number of carbonyl (C=O) groups excluding carboxylic acids is 1. The number of likely N-dealkylation sites (tertiary alicyclic amines) is 1. The predicted molar refractivity (Wildman–Crippen MR) is 95.2 cm³/mol. The van der Waals surface area contributed by atoms with Crippen molar-refractivity contribution in [2.45, 2.75) is 25.8 Å². The Morgan fingerprint density at radius 2 is 2.08 bits per heavy atom. The molecule has 0 amide bonds. The summed E-state index contributed by atoms with van der Waals surface area (Å²) in [4.78, 5) is 19.3. The van der Waals surface area contributed by atoms with Gasteiger partial charge in [0, 0.05) is 18.9 Å². The van der Waals surface area contributed by atoms with Crippen molar-refractivity contribution in [2.75, 3.05) is 13.1 Å². The molecular weight excluding hydrogens is 330 g/mol. The number of hydrogen-bond donors (Lipinski definition) is 0. The van der Waals surface area contributed by atoms with Crippen LogP contribution in [0.25, 0.3) is 11.7 Å². The zero-order valence-corrected chi connectivity index (χ0v) is 14.5. The Morgan fingerprint density at radius 3 is 2.88 bits per heavy atom. The van der Waals surface area contributed by atoms with Crippen molar-refractivity contribution < 1.29 is 13.7 Å². The number of rotatable bonds is 6. The van der Waals surface area contributed by atoms with E-state index < -0.39 is 0 Å². The van der Waals surface area contributed by atoms with Gasteiger partial charge in [0.2, 0.25) is 0 Å². The molecule has 1 aromatic carbocycles. The van der Waals surface area contributed by atoms with Crippen molar-refractivity contribution in [3.63, 3.8) is 0 Å². The Morgan fingerprint density at radius 1 is 1.19 bits per heavy atom. The van der Waals surface area contributed by atoms with Gasteiger partial charge in [-0.15, -0.1) is 0 Å². The highest BCUT2D eigenvalue weighted by Crippen LogP contribution is 2.22. The summed E-state index contributed by atoms with van der Waals surface area (Å²) in [7, 11) is 0. The number of carbonyl (C=O) groups is 1. The number of benzene rings is 1. The van der Waals surface area contributed by atoms with Crippen molar-refractivity contribution >= 4 is 5.78 Å². The van der Waals surface area contributed by atoms with Crippen molar-refractivity contribution in [2.24, 2.45) is 5.92 Å². The maximum Gasteiger partial charge on any atom is 0.293 e. The average molecular weight is 351 g/mol. The fraction of sp³-hybridized carbons (Fsp3) is 0.350. The molecule has 6 nitrogen and oxygen atoms in total. The molecule has 0 N–H and O–H groups in total. The molecule has 0 radical (unpaired) electrons. The first-order valence-electron chi connectivity index (χ1n) is 8.93. The number of furan rings is 1. The Kier molecular flexibility index (Phi) is 4.93. The molecule has 134 valence electrons. The minimum atomic E-state index is 0.0698. The van der Waals surface area contributed by atoms with Gasteiger partial charge in [0.25, 0.3) is 5.89 Å². The number of aromatic nitrogens is 2. The van der Waals surface area contributed by atoms with E-state index in [0.717, 1.165) is 31.5 Å². The van der Waals surface area contributed by atoms with Gasteiger partial charge in [0.1, 0.15) is 5.78 Å². The third-order valence-corrected chi connectivity index (χ3v) is 4.75. The van der Waals surface area contributed by atoms with Crippen LogP contribution in [0.2, 0.25) is 0 Å². The van der Waals surface area contributed by atoms with Gasteiger partial charge in [-0.25, -0.2) is 0 Å². The van der Waals surface area contributed by atoms with Crippen LogP contribution in [-0.4, -0.2) is 33.9 Å². The summed E-state index contributed by atoms with van der Waals surface area (Å²) in [6.45, 7) is 2.27. The van der Waals surface area contributed by atoms with Crippen LogP contribution in [0.4, 0.5) is 0 Å². The van der Waals surface area contributed by atoms with E-state index in [2.05, 4.69) is 15.0 Å². The van der Waals surface area contributed by atoms with E-state index in [-0.39, 0.29) is 5.92 Å². The average Bonchev–Trinajstić information content (AvgIpc) is 3.34. The minimum Gasteiger partial charge on any atom is -0.459 e. The van der Waals surface area contributed by atoms with E-state index in [1.54, 1.807) is 18.4 Å². The predicted octanol–water partition coefficient (Wildman–Crippen LogP) is 3.35. The van der Waals surface area contributed by atoms with Crippen LogP contribution in [0.1, 0.15) is 24.2 Å². The fourth-order valence-corrected chi connectivity index (χ4v) is 3.42. The van der Waals surface area contributed by atoms with Crippen molar-refractivity contribution in [1.29, 1.82) is 0 Å². The third kappa shape index (κ3) is 3.91. The van der Waals surface area contributed by atoms with Gasteiger partial charge in [-0.05, 0) is 37.1 Å².